The molecule has 0 aromatic heterocycles. The predicted molar refractivity (Wildman–Crippen MR) is 304 cm³/mol. The fraction of sp³-hybridized carbons (Fsp3) is 0.0986. The van der Waals surface area contributed by atoms with Crippen LogP contribution in [0, 0.1) is 0 Å². The molecule has 2 aliphatic rings. The smallest absolute Gasteiger partial charge is 0.0713 e. The van der Waals surface area contributed by atoms with Gasteiger partial charge < -0.3 is 4.90 Å². The topological polar surface area (TPSA) is 3.24 Å². The van der Waals surface area contributed by atoms with Crippen molar-refractivity contribution in [3.05, 3.63) is 295 Å². The van der Waals surface area contributed by atoms with Gasteiger partial charge in [0.25, 0.3) is 0 Å². The second-order valence-corrected chi connectivity index (χ2v) is 19.7. The molecule has 344 valence electrons. The molecular weight excluding hydrogens is 867 g/mol. The molecule has 2 aliphatic carbocycles. The summed E-state index contributed by atoms with van der Waals surface area (Å²) in [6.07, 6.45) is 6.43. The van der Waals surface area contributed by atoms with Gasteiger partial charge in [-0.05, 0) is 132 Å². The van der Waals surface area contributed by atoms with Gasteiger partial charge in [-0.15, -0.1) is 0 Å². The Morgan fingerprint density at radius 1 is 0.319 bits per heavy atom. The van der Waals surface area contributed by atoms with E-state index in [0.717, 1.165) is 17.1 Å². The van der Waals surface area contributed by atoms with Crippen molar-refractivity contribution in [2.75, 3.05) is 4.90 Å². The third-order valence-electron chi connectivity index (χ3n) is 15.8. The molecule has 0 saturated heterocycles. The van der Waals surface area contributed by atoms with E-state index >= 15 is 0 Å². The molecule has 1 heteroatoms. The molecule has 1 saturated carbocycles. The maximum atomic E-state index is 2.51. The lowest BCUT2D eigenvalue weighted by Gasteiger charge is -2.34. The second-order valence-electron chi connectivity index (χ2n) is 19.7. The van der Waals surface area contributed by atoms with Gasteiger partial charge in [-0.3, -0.25) is 0 Å². The molecule has 0 unspecified atom stereocenters. The van der Waals surface area contributed by atoms with Gasteiger partial charge >= 0.3 is 0 Å². The third kappa shape index (κ3) is 7.47. The molecule has 0 N–H and O–H groups in total. The average molecular weight is 922 g/mol. The number of hydrogen-bond acceptors (Lipinski definition) is 1. The van der Waals surface area contributed by atoms with Crippen LogP contribution in [-0.2, 0) is 5.41 Å². The highest BCUT2D eigenvalue weighted by molar-refractivity contribution is 6.04. The van der Waals surface area contributed by atoms with Gasteiger partial charge in [0, 0.05) is 16.8 Å². The molecule has 0 bridgehead atoms. The molecule has 0 amide bonds. The molecule has 1 fully saturated rings. The van der Waals surface area contributed by atoms with Crippen molar-refractivity contribution in [2.45, 2.75) is 43.4 Å². The summed E-state index contributed by atoms with van der Waals surface area (Å²) in [5.74, 6) is 0.568. The van der Waals surface area contributed by atoms with Crippen LogP contribution in [-0.4, -0.2) is 0 Å². The summed E-state index contributed by atoms with van der Waals surface area (Å²) in [5, 5.41) is 2.70. The van der Waals surface area contributed by atoms with Gasteiger partial charge in [-0.2, -0.15) is 0 Å². The van der Waals surface area contributed by atoms with Crippen LogP contribution >= 0.6 is 0 Å². The zero-order valence-corrected chi connectivity index (χ0v) is 40.5. The van der Waals surface area contributed by atoms with Crippen LogP contribution in [0.1, 0.15) is 65.8 Å². The first-order valence-corrected chi connectivity index (χ1v) is 25.9. The maximum Gasteiger partial charge on any atom is 0.0713 e. The van der Waals surface area contributed by atoms with E-state index in [4.69, 9.17) is 0 Å². The fourth-order valence-corrected chi connectivity index (χ4v) is 12.5. The molecule has 13 rings (SSSR count). The quantitative estimate of drug-likeness (QED) is 0.132. The van der Waals surface area contributed by atoms with Gasteiger partial charge in [0.05, 0.1) is 16.8 Å². The molecule has 0 radical (unpaired) electrons. The van der Waals surface area contributed by atoms with E-state index in [0.29, 0.717) is 5.92 Å². The predicted octanol–water partition coefficient (Wildman–Crippen LogP) is 19.4. The normalized spacial score (nSPS) is 13.9. The fourth-order valence-electron chi connectivity index (χ4n) is 12.5. The molecule has 1 nitrogen and oxygen atoms in total. The lowest BCUT2D eigenvalue weighted by Crippen LogP contribution is -2.28. The standard InChI is InChI=1S/C71H55N/c1-5-21-50(22-6-1)51-39-41-54(42-40-51)60-31-14-17-37-68(60)72(69-38-18-15-33-64(69)65-35-20-26-55-25-19-34-61(70(55)65)53-23-7-2-8-24-53)59-46-43-52(44-47-59)56-45-48-63-62-32-13-16-36-66(62)71(67(63)49-56,57-27-9-3-10-28-57)58-29-11-4-12-30-58/h1,3-6,9-22,25-49,53H,2,7-8,23-24H2. The summed E-state index contributed by atoms with van der Waals surface area (Å²) >= 11 is 0. The van der Waals surface area contributed by atoms with Gasteiger partial charge in [0.1, 0.15) is 0 Å². The Morgan fingerprint density at radius 2 is 0.806 bits per heavy atom. The molecule has 72 heavy (non-hydrogen) atoms. The Bertz CT molecular complexity index is 3650. The lowest BCUT2D eigenvalue weighted by molar-refractivity contribution is 0.445. The molecular formula is C71H55N. The number of rotatable bonds is 10. The van der Waals surface area contributed by atoms with E-state index in [9.17, 15) is 0 Å². The Morgan fingerprint density at radius 3 is 1.50 bits per heavy atom. The van der Waals surface area contributed by atoms with Crippen LogP contribution in [0.25, 0.3) is 66.4 Å². The van der Waals surface area contributed by atoms with E-state index in [1.165, 1.54) is 126 Å². The zero-order valence-electron chi connectivity index (χ0n) is 40.5. The first-order chi connectivity index (χ1) is 35.7. The van der Waals surface area contributed by atoms with E-state index in [-0.39, 0.29) is 0 Å². The molecule has 0 atom stereocenters. The third-order valence-corrected chi connectivity index (χ3v) is 15.8. The molecule has 11 aromatic rings. The van der Waals surface area contributed by atoms with E-state index < -0.39 is 5.41 Å². The van der Waals surface area contributed by atoms with Crippen LogP contribution in [0.5, 0.6) is 0 Å². The van der Waals surface area contributed by atoms with Crippen molar-refractivity contribution >= 4 is 27.8 Å². The minimum Gasteiger partial charge on any atom is -0.309 e. The minimum atomic E-state index is -0.466. The number of anilines is 3. The number of fused-ring (bicyclic) bond motifs is 4. The van der Waals surface area contributed by atoms with Crippen LogP contribution in [0.4, 0.5) is 17.1 Å². The Hall–Kier alpha value is -8.52. The summed E-state index contributed by atoms with van der Waals surface area (Å²) in [6.45, 7) is 0. The minimum absolute atomic E-state index is 0.466. The highest BCUT2D eigenvalue weighted by Gasteiger charge is 2.46. The lowest BCUT2D eigenvalue weighted by atomic mass is 9.67. The van der Waals surface area contributed by atoms with Gasteiger partial charge in [0.2, 0.25) is 0 Å². The van der Waals surface area contributed by atoms with Crippen molar-refractivity contribution in [3.63, 3.8) is 0 Å². The number of hydrogen-bond donors (Lipinski definition) is 0. The van der Waals surface area contributed by atoms with E-state index in [1.807, 2.05) is 0 Å². The monoisotopic (exact) mass is 921 g/mol. The zero-order chi connectivity index (χ0) is 47.8. The number of benzene rings is 11. The average Bonchev–Trinajstić information content (AvgIpc) is 3.77. The van der Waals surface area contributed by atoms with Crippen molar-refractivity contribution in [3.8, 4) is 55.6 Å². The van der Waals surface area contributed by atoms with Crippen molar-refractivity contribution in [1.29, 1.82) is 0 Å². The Labute approximate surface area is 424 Å². The Balaban J connectivity index is 0.976. The molecule has 11 aromatic carbocycles. The van der Waals surface area contributed by atoms with Gasteiger partial charge in [0.15, 0.2) is 0 Å². The van der Waals surface area contributed by atoms with Gasteiger partial charge in [-0.25, -0.2) is 0 Å². The Kier molecular flexibility index (Phi) is 11.3. The van der Waals surface area contributed by atoms with E-state index in [2.05, 4.69) is 272 Å². The van der Waals surface area contributed by atoms with E-state index in [1.54, 1.807) is 0 Å². The highest BCUT2D eigenvalue weighted by Crippen LogP contribution is 2.57. The van der Waals surface area contributed by atoms with Crippen LogP contribution in [0.3, 0.4) is 0 Å². The summed E-state index contributed by atoms with van der Waals surface area (Å²) in [7, 11) is 0. The van der Waals surface area contributed by atoms with Crippen molar-refractivity contribution in [2.24, 2.45) is 0 Å². The van der Waals surface area contributed by atoms with Crippen molar-refractivity contribution < 1.29 is 0 Å². The summed E-state index contributed by atoms with van der Waals surface area (Å²) in [6, 6.07) is 99.4. The SMILES string of the molecule is c1ccc(-c2ccc(-c3ccccc3N(c3ccc(-c4ccc5c(c4)C(c4ccccc4)(c4ccccc4)c4ccccc4-5)cc3)c3ccccc3-c3cccc4cccc(C5CCCCC5)c34)cc2)cc1. The van der Waals surface area contributed by atoms with Crippen molar-refractivity contribution in [1.82, 2.24) is 0 Å². The maximum absolute atomic E-state index is 2.51. The first kappa shape index (κ1) is 43.5. The second kappa shape index (κ2) is 18.7. The largest absolute Gasteiger partial charge is 0.309 e. The molecule has 0 aliphatic heterocycles. The molecule has 0 spiro atoms. The highest BCUT2D eigenvalue weighted by atomic mass is 15.1. The number of nitrogens with zero attached hydrogens (tertiary/aromatic N) is 1. The van der Waals surface area contributed by atoms with Crippen LogP contribution < -0.4 is 4.90 Å². The summed E-state index contributed by atoms with van der Waals surface area (Å²) in [4.78, 5) is 2.51. The van der Waals surface area contributed by atoms with Crippen LogP contribution in [0.2, 0.25) is 0 Å². The number of para-hydroxylation sites is 2. The first-order valence-electron chi connectivity index (χ1n) is 25.9. The summed E-state index contributed by atoms with van der Waals surface area (Å²) < 4.78 is 0. The van der Waals surface area contributed by atoms with Gasteiger partial charge in [-0.1, -0.05) is 256 Å². The summed E-state index contributed by atoms with van der Waals surface area (Å²) in [5.41, 5.74) is 21.8. The molecule has 0 heterocycles. The van der Waals surface area contributed by atoms with Crippen LogP contribution in [0.15, 0.2) is 267 Å².